The molecular formula is C14H19N5O2. The molecule has 1 amide bonds. The van der Waals surface area contributed by atoms with Crippen LogP contribution in [0.25, 0.3) is 0 Å². The molecule has 2 N–H and O–H groups in total. The van der Waals surface area contributed by atoms with Crippen LogP contribution in [0.2, 0.25) is 0 Å². The largest absolute Gasteiger partial charge is 0.396 e. The Labute approximate surface area is 122 Å². The number of nitrogens with one attached hydrogen (secondary N) is 1. The number of nitrogens with zero attached hydrogens (tertiary/aromatic N) is 4. The Balaban J connectivity index is 1.79. The highest BCUT2D eigenvalue weighted by atomic mass is 16.3. The minimum absolute atomic E-state index is 0.00130. The number of aromatic amines is 1. The number of rotatable bonds is 4. The van der Waals surface area contributed by atoms with E-state index in [1.54, 1.807) is 24.1 Å². The van der Waals surface area contributed by atoms with Crippen molar-refractivity contribution >= 4 is 5.91 Å². The molecule has 0 bridgehead atoms. The highest BCUT2D eigenvalue weighted by Crippen LogP contribution is 2.32. The van der Waals surface area contributed by atoms with Crippen LogP contribution in [0.3, 0.4) is 0 Å². The van der Waals surface area contributed by atoms with E-state index < -0.39 is 0 Å². The van der Waals surface area contributed by atoms with Crippen molar-refractivity contribution in [3.05, 3.63) is 35.4 Å². The topological polar surface area (TPSA) is 87.0 Å². The molecule has 112 valence electrons. The molecule has 2 aromatic heterocycles. The highest BCUT2D eigenvalue weighted by Gasteiger charge is 2.32. The van der Waals surface area contributed by atoms with Gasteiger partial charge >= 0.3 is 0 Å². The van der Waals surface area contributed by atoms with Crippen molar-refractivity contribution in [2.24, 2.45) is 7.05 Å². The lowest BCUT2D eigenvalue weighted by molar-refractivity contribution is 0.0733. The Hall–Kier alpha value is -2.15. The zero-order valence-corrected chi connectivity index (χ0v) is 12.0. The Kier molecular flexibility index (Phi) is 3.74. The molecule has 0 spiro atoms. The van der Waals surface area contributed by atoms with Gasteiger partial charge in [0.15, 0.2) is 0 Å². The number of hydrogen-bond donors (Lipinski definition) is 2. The lowest BCUT2D eigenvalue weighted by Crippen LogP contribution is -2.30. The first-order chi connectivity index (χ1) is 10.2. The summed E-state index contributed by atoms with van der Waals surface area (Å²) in [6.45, 7) is 0.825. The van der Waals surface area contributed by atoms with Gasteiger partial charge in [0, 0.05) is 38.5 Å². The molecule has 1 fully saturated rings. The summed E-state index contributed by atoms with van der Waals surface area (Å²) in [7, 11) is 1.80. The van der Waals surface area contributed by atoms with Crippen molar-refractivity contribution < 1.29 is 9.90 Å². The van der Waals surface area contributed by atoms with E-state index >= 15 is 0 Å². The number of likely N-dealkylation sites (tertiary alicyclic amines) is 1. The third-order valence-electron chi connectivity index (χ3n) is 3.84. The third-order valence-corrected chi connectivity index (χ3v) is 3.84. The first kappa shape index (κ1) is 13.8. The third kappa shape index (κ3) is 2.69. The van der Waals surface area contributed by atoms with Gasteiger partial charge in [-0.1, -0.05) is 0 Å². The molecule has 0 radical (unpaired) electrons. The highest BCUT2D eigenvalue weighted by molar-refractivity contribution is 5.94. The van der Waals surface area contributed by atoms with Gasteiger partial charge in [0.1, 0.15) is 0 Å². The maximum Gasteiger partial charge on any atom is 0.257 e. The molecule has 7 heteroatoms. The quantitative estimate of drug-likeness (QED) is 0.865. The van der Waals surface area contributed by atoms with Gasteiger partial charge in [-0.2, -0.15) is 10.2 Å². The molecule has 21 heavy (non-hydrogen) atoms. The number of aliphatic hydroxyl groups is 1. The van der Waals surface area contributed by atoms with Gasteiger partial charge in [0.05, 0.1) is 23.5 Å². The van der Waals surface area contributed by atoms with E-state index in [9.17, 15) is 4.79 Å². The van der Waals surface area contributed by atoms with Gasteiger partial charge in [0.25, 0.3) is 5.91 Å². The second-order valence-corrected chi connectivity index (χ2v) is 5.35. The van der Waals surface area contributed by atoms with E-state index in [1.807, 2.05) is 11.0 Å². The van der Waals surface area contributed by atoms with Gasteiger partial charge in [-0.3, -0.25) is 14.6 Å². The summed E-state index contributed by atoms with van der Waals surface area (Å²) in [5, 5.41) is 20.2. The Morgan fingerprint density at radius 3 is 3.14 bits per heavy atom. The molecule has 7 nitrogen and oxygen atoms in total. The molecule has 2 aromatic rings. The summed E-state index contributed by atoms with van der Waals surface area (Å²) < 4.78 is 1.63. The fourth-order valence-corrected chi connectivity index (χ4v) is 2.81. The van der Waals surface area contributed by atoms with Crippen molar-refractivity contribution in [3.8, 4) is 0 Å². The maximum atomic E-state index is 12.6. The van der Waals surface area contributed by atoms with E-state index in [2.05, 4.69) is 15.3 Å². The maximum absolute atomic E-state index is 12.6. The summed E-state index contributed by atoms with van der Waals surface area (Å²) >= 11 is 0. The van der Waals surface area contributed by atoms with Crippen molar-refractivity contribution in [1.29, 1.82) is 0 Å². The molecule has 0 aliphatic carbocycles. The van der Waals surface area contributed by atoms with Crippen LogP contribution in [0.1, 0.15) is 40.6 Å². The molecule has 1 saturated heterocycles. The first-order valence-corrected chi connectivity index (χ1v) is 7.13. The van der Waals surface area contributed by atoms with Crippen LogP contribution in [-0.2, 0) is 13.5 Å². The fourth-order valence-electron chi connectivity index (χ4n) is 2.81. The van der Waals surface area contributed by atoms with Crippen molar-refractivity contribution in [3.63, 3.8) is 0 Å². The second kappa shape index (κ2) is 5.69. The molecule has 1 aliphatic heterocycles. The summed E-state index contributed by atoms with van der Waals surface area (Å²) in [5.74, 6) is -0.00249. The molecule has 1 atom stereocenters. The predicted molar refractivity (Wildman–Crippen MR) is 75.6 cm³/mol. The lowest BCUT2D eigenvalue weighted by Gasteiger charge is -2.22. The summed E-state index contributed by atoms with van der Waals surface area (Å²) in [6.07, 6.45) is 5.77. The Morgan fingerprint density at radius 2 is 2.43 bits per heavy atom. The zero-order chi connectivity index (χ0) is 14.8. The zero-order valence-electron chi connectivity index (χ0n) is 12.0. The van der Waals surface area contributed by atoms with Crippen LogP contribution in [0, 0.1) is 0 Å². The Bertz CT molecular complexity index is 633. The summed E-state index contributed by atoms with van der Waals surface area (Å²) in [5.41, 5.74) is 2.37. The molecular weight excluding hydrogens is 270 g/mol. The van der Waals surface area contributed by atoms with Gasteiger partial charge in [-0.15, -0.1) is 0 Å². The molecule has 0 unspecified atom stereocenters. The minimum Gasteiger partial charge on any atom is -0.396 e. The van der Waals surface area contributed by atoms with E-state index in [1.165, 1.54) is 0 Å². The van der Waals surface area contributed by atoms with Gasteiger partial charge in [0.2, 0.25) is 0 Å². The number of H-pyrrole nitrogens is 1. The van der Waals surface area contributed by atoms with Crippen LogP contribution < -0.4 is 0 Å². The minimum atomic E-state index is -0.00249. The monoisotopic (exact) mass is 289 g/mol. The van der Waals surface area contributed by atoms with Gasteiger partial charge in [-0.25, -0.2) is 0 Å². The number of carbonyl (C=O) groups is 1. The molecule has 0 aromatic carbocycles. The van der Waals surface area contributed by atoms with Crippen LogP contribution >= 0.6 is 0 Å². The SMILES string of the molecule is Cn1cc(C(=O)N2CCC[C@H]2c2cc(CCO)[nH]n2)cn1. The van der Waals surface area contributed by atoms with Crippen molar-refractivity contribution in [2.75, 3.05) is 13.2 Å². The number of aliphatic hydroxyl groups excluding tert-OH is 1. The van der Waals surface area contributed by atoms with Crippen LogP contribution in [0.4, 0.5) is 0 Å². The molecule has 1 aliphatic rings. The summed E-state index contributed by atoms with van der Waals surface area (Å²) in [4.78, 5) is 14.4. The van der Waals surface area contributed by atoms with Crippen LogP contribution in [0.15, 0.2) is 18.5 Å². The van der Waals surface area contributed by atoms with E-state index in [-0.39, 0.29) is 18.6 Å². The fraction of sp³-hybridized carbons (Fsp3) is 0.500. The average Bonchev–Trinajstić information content (AvgIpc) is 3.17. The van der Waals surface area contributed by atoms with E-state index in [4.69, 9.17) is 5.11 Å². The van der Waals surface area contributed by atoms with E-state index in [0.717, 1.165) is 30.8 Å². The van der Waals surface area contributed by atoms with Crippen LogP contribution in [0.5, 0.6) is 0 Å². The van der Waals surface area contributed by atoms with Crippen molar-refractivity contribution in [2.45, 2.75) is 25.3 Å². The average molecular weight is 289 g/mol. The molecule has 3 heterocycles. The number of hydrogen-bond acceptors (Lipinski definition) is 4. The van der Waals surface area contributed by atoms with E-state index in [0.29, 0.717) is 12.0 Å². The first-order valence-electron chi connectivity index (χ1n) is 7.13. The standard InChI is InChI=1S/C14H19N5O2/c1-18-9-10(8-15-18)14(21)19-5-2-3-13(19)12-7-11(4-6-20)16-17-12/h7-9,13,20H,2-6H2,1H3,(H,16,17)/t13-/m0/s1. The normalized spacial score (nSPS) is 18.4. The predicted octanol–water partition coefficient (Wildman–Crippen LogP) is 0.655. The van der Waals surface area contributed by atoms with Gasteiger partial charge in [-0.05, 0) is 18.9 Å². The number of aromatic nitrogens is 4. The second-order valence-electron chi connectivity index (χ2n) is 5.35. The molecule has 3 rings (SSSR count). The lowest BCUT2D eigenvalue weighted by atomic mass is 10.1. The smallest absolute Gasteiger partial charge is 0.257 e. The number of aryl methyl sites for hydroxylation is 1. The summed E-state index contributed by atoms with van der Waals surface area (Å²) in [6, 6.07) is 1.94. The van der Waals surface area contributed by atoms with Crippen molar-refractivity contribution in [1.82, 2.24) is 24.9 Å². The Morgan fingerprint density at radius 1 is 1.57 bits per heavy atom. The molecule has 0 saturated carbocycles. The number of carbonyl (C=O) groups excluding carboxylic acids is 1. The van der Waals surface area contributed by atoms with Gasteiger partial charge < -0.3 is 10.0 Å². The van der Waals surface area contributed by atoms with Crippen LogP contribution in [-0.4, -0.2) is 49.0 Å². The number of amides is 1.